The molecule has 0 aliphatic carbocycles. The maximum Gasteiger partial charge on any atom is 0.139 e. The lowest BCUT2D eigenvalue weighted by molar-refractivity contribution is 0.225. The molecule has 0 spiro atoms. The third-order valence-electron chi connectivity index (χ3n) is 3.63. The third-order valence-corrected chi connectivity index (χ3v) is 4.12. The van der Waals surface area contributed by atoms with Gasteiger partial charge in [-0.3, -0.25) is 0 Å². The van der Waals surface area contributed by atoms with Gasteiger partial charge in [0.25, 0.3) is 0 Å². The Kier molecular flexibility index (Phi) is 5.98. The number of phenols is 1. The van der Waals surface area contributed by atoms with E-state index in [2.05, 4.69) is 26.1 Å². The Balaban J connectivity index is 1.61. The topological polar surface area (TPSA) is 35.5 Å². The van der Waals surface area contributed by atoms with Crippen LogP contribution < -0.4 is 5.32 Å². The van der Waals surface area contributed by atoms with Crippen LogP contribution >= 0.6 is 15.9 Å². The van der Waals surface area contributed by atoms with E-state index in [-0.39, 0.29) is 0 Å². The average molecular weight is 327 g/mol. The summed E-state index contributed by atoms with van der Waals surface area (Å²) < 4.78 is 0.903. The van der Waals surface area contributed by atoms with E-state index in [1.807, 2.05) is 12.1 Å². The van der Waals surface area contributed by atoms with Crippen LogP contribution in [0.3, 0.4) is 0 Å². The number of hydrogen-bond acceptors (Lipinski definition) is 3. The Morgan fingerprint density at radius 1 is 1.16 bits per heavy atom. The summed E-state index contributed by atoms with van der Waals surface area (Å²) in [5, 5.41) is 13.0. The van der Waals surface area contributed by atoms with Crippen molar-refractivity contribution in [2.24, 2.45) is 0 Å². The molecule has 1 fully saturated rings. The molecule has 0 aromatic heterocycles. The first-order chi connectivity index (χ1) is 9.25. The van der Waals surface area contributed by atoms with Crippen LogP contribution in [0.1, 0.15) is 32.1 Å². The van der Waals surface area contributed by atoms with E-state index in [9.17, 15) is 5.11 Å². The Hall–Kier alpha value is -0.740. The van der Waals surface area contributed by atoms with E-state index in [0.717, 1.165) is 23.1 Å². The summed E-state index contributed by atoms with van der Waals surface area (Å²) in [7, 11) is 0. The second-order valence-electron chi connectivity index (χ2n) is 5.20. The summed E-state index contributed by atoms with van der Waals surface area (Å²) >= 11 is 3.34. The van der Waals surface area contributed by atoms with E-state index in [1.54, 1.807) is 6.07 Å². The minimum atomic E-state index is 0.311. The van der Waals surface area contributed by atoms with Gasteiger partial charge in [0.1, 0.15) is 5.75 Å². The van der Waals surface area contributed by atoms with Gasteiger partial charge in [-0.15, -0.1) is 0 Å². The zero-order valence-electron chi connectivity index (χ0n) is 11.4. The van der Waals surface area contributed by atoms with Crippen molar-refractivity contribution in [3.63, 3.8) is 0 Å². The molecule has 0 bridgehead atoms. The average Bonchev–Trinajstić information content (AvgIpc) is 2.42. The highest BCUT2D eigenvalue weighted by atomic mass is 79.9. The van der Waals surface area contributed by atoms with Crippen molar-refractivity contribution < 1.29 is 5.11 Å². The molecule has 0 unspecified atom stereocenters. The lowest BCUT2D eigenvalue weighted by Crippen LogP contribution is -2.30. The summed E-state index contributed by atoms with van der Waals surface area (Å²) in [6, 6.07) is 5.57. The Morgan fingerprint density at radius 3 is 2.68 bits per heavy atom. The number of rotatable bonds is 6. The number of nitrogens with zero attached hydrogens (tertiary/aromatic N) is 1. The highest BCUT2D eigenvalue weighted by molar-refractivity contribution is 9.10. The van der Waals surface area contributed by atoms with E-state index < -0.39 is 0 Å². The predicted octanol–water partition coefficient (Wildman–Crippen LogP) is 3.83. The molecule has 2 N–H and O–H groups in total. The second kappa shape index (κ2) is 7.75. The molecule has 2 rings (SSSR count). The smallest absolute Gasteiger partial charge is 0.139 e. The van der Waals surface area contributed by atoms with Crippen molar-refractivity contribution in [3.05, 3.63) is 22.7 Å². The quantitative estimate of drug-likeness (QED) is 0.616. The number of piperidine rings is 1. The lowest BCUT2D eigenvalue weighted by atomic mass is 10.1. The third kappa shape index (κ3) is 5.03. The molecule has 1 saturated heterocycles. The standard InChI is InChI=1S/C15H23BrN2O/c16-13-6-7-14(15(19)12-13)17-8-2-5-11-18-9-3-1-4-10-18/h6-7,12,17,19H,1-5,8-11H2. The molecule has 0 radical (unpaired) electrons. The van der Waals surface area contributed by atoms with Crippen LogP contribution in [0.5, 0.6) is 5.75 Å². The highest BCUT2D eigenvalue weighted by Gasteiger charge is 2.08. The van der Waals surface area contributed by atoms with Crippen LogP contribution in [-0.4, -0.2) is 36.2 Å². The fourth-order valence-electron chi connectivity index (χ4n) is 2.52. The molecule has 1 aliphatic rings. The summed E-state index contributed by atoms with van der Waals surface area (Å²) in [5.74, 6) is 0.311. The molecular formula is C15H23BrN2O. The van der Waals surface area contributed by atoms with Crippen molar-refractivity contribution in [1.29, 1.82) is 0 Å². The van der Waals surface area contributed by atoms with Crippen molar-refractivity contribution in [2.45, 2.75) is 32.1 Å². The molecule has 19 heavy (non-hydrogen) atoms. The van der Waals surface area contributed by atoms with Gasteiger partial charge in [0.15, 0.2) is 0 Å². The van der Waals surface area contributed by atoms with Gasteiger partial charge in [-0.25, -0.2) is 0 Å². The molecule has 0 atom stereocenters. The van der Waals surface area contributed by atoms with Gasteiger partial charge in [-0.05, 0) is 63.5 Å². The highest BCUT2D eigenvalue weighted by Crippen LogP contribution is 2.26. The summed E-state index contributed by atoms with van der Waals surface area (Å²) in [5.41, 5.74) is 0.821. The van der Waals surface area contributed by atoms with E-state index >= 15 is 0 Å². The van der Waals surface area contributed by atoms with E-state index in [0.29, 0.717) is 5.75 Å². The summed E-state index contributed by atoms with van der Waals surface area (Å²) in [6.07, 6.45) is 6.51. The van der Waals surface area contributed by atoms with Crippen LogP contribution in [0.25, 0.3) is 0 Å². The number of benzene rings is 1. The first-order valence-electron chi connectivity index (χ1n) is 7.20. The number of anilines is 1. The second-order valence-corrected chi connectivity index (χ2v) is 6.11. The van der Waals surface area contributed by atoms with Crippen molar-refractivity contribution >= 4 is 21.6 Å². The molecule has 1 aliphatic heterocycles. The summed E-state index contributed by atoms with van der Waals surface area (Å²) in [6.45, 7) is 4.69. The van der Waals surface area contributed by atoms with Crippen LogP contribution in [0.2, 0.25) is 0 Å². The van der Waals surface area contributed by atoms with Gasteiger partial charge < -0.3 is 15.3 Å². The molecule has 1 heterocycles. The lowest BCUT2D eigenvalue weighted by Gasteiger charge is -2.26. The molecular weight excluding hydrogens is 304 g/mol. The van der Waals surface area contributed by atoms with E-state index in [4.69, 9.17) is 0 Å². The first kappa shape index (κ1) is 14.7. The normalized spacial score (nSPS) is 16.5. The molecule has 4 heteroatoms. The number of hydrogen-bond donors (Lipinski definition) is 2. The SMILES string of the molecule is Oc1cc(Br)ccc1NCCCCN1CCCCC1. The summed E-state index contributed by atoms with van der Waals surface area (Å²) in [4.78, 5) is 2.57. The number of likely N-dealkylation sites (tertiary alicyclic amines) is 1. The zero-order chi connectivity index (χ0) is 13.5. The molecule has 0 saturated carbocycles. The fraction of sp³-hybridized carbons (Fsp3) is 0.600. The number of phenolic OH excluding ortho intramolecular Hbond substituents is 1. The fourth-order valence-corrected chi connectivity index (χ4v) is 2.87. The molecule has 0 amide bonds. The Morgan fingerprint density at radius 2 is 1.95 bits per heavy atom. The largest absolute Gasteiger partial charge is 0.506 e. The monoisotopic (exact) mass is 326 g/mol. The molecule has 3 nitrogen and oxygen atoms in total. The van der Waals surface area contributed by atoms with Crippen molar-refractivity contribution in [3.8, 4) is 5.75 Å². The van der Waals surface area contributed by atoms with Gasteiger partial charge in [-0.2, -0.15) is 0 Å². The van der Waals surface area contributed by atoms with Gasteiger partial charge >= 0.3 is 0 Å². The molecule has 1 aromatic carbocycles. The molecule has 106 valence electrons. The van der Waals surface area contributed by atoms with Crippen LogP contribution in [0.4, 0.5) is 5.69 Å². The zero-order valence-corrected chi connectivity index (χ0v) is 13.0. The number of nitrogens with one attached hydrogen (secondary N) is 1. The van der Waals surface area contributed by atoms with Gasteiger partial charge in [-0.1, -0.05) is 22.4 Å². The van der Waals surface area contributed by atoms with Crippen LogP contribution in [0.15, 0.2) is 22.7 Å². The van der Waals surface area contributed by atoms with Gasteiger partial charge in [0.2, 0.25) is 0 Å². The molecule has 1 aromatic rings. The van der Waals surface area contributed by atoms with Crippen LogP contribution in [-0.2, 0) is 0 Å². The van der Waals surface area contributed by atoms with Gasteiger partial charge in [0, 0.05) is 11.0 Å². The minimum absolute atomic E-state index is 0.311. The number of halogens is 1. The maximum absolute atomic E-state index is 9.75. The van der Waals surface area contributed by atoms with Crippen LogP contribution in [0, 0.1) is 0 Å². The Bertz CT molecular complexity index is 392. The van der Waals surface area contributed by atoms with Gasteiger partial charge in [0.05, 0.1) is 5.69 Å². The maximum atomic E-state index is 9.75. The predicted molar refractivity (Wildman–Crippen MR) is 83.8 cm³/mol. The van der Waals surface area contributed by atoms with Crippen molar-refractivity contribution in [1.82, 2.24) is 4.90 Å². The number of unbranched alkanes of at least 4 members (excludes halogenated alkanes) is 1. The first-order valence-corrected chi connectivity index (χ1v) is 8.00. The number of aromatic hydroxyl groups is 1. The van der Waals surface area contributed by atoms with E-state index in [1.165, 1.54) is 45.3 Å². The minimum Gasteiger partial charge on any atom is -0.506 e. The Labute approximate surface area is 124 Å². The van der Waals surface area contributed by atoms with Crippen molar-refractivity contribution in [2.75, 3.05) is 31.5 Å².